The molecule has 0 aromatic carbocycles. The van der Waals surface area contributed by atoms with E-state index < -0.39 is 11.8 Å². The van der Waals surface area contributed by atoms with Crippen molar-refractivity contribution in [2.24, 2.45) is 23.5 Å². The third-order valence-corrected chi connectivity index (χ3v) is 3.61. The lowest BCUT2D eigenvalue weighted by Gasteiger charge is -2.24. The second-order valence-electron chi connectivity index (χ2n) is 4.62. The number of hydrogen-bond donors (Lipinski definition) is 1. The van der Waals surface area contributed by atoms with E-state index in [9.17, 15) is 4.79 Å². The maximum absolute atomic E-state index is 11.1. The Hall–Kier alpha value is -1.04. The first-order valence-electron chi connectivity index (χ1n) is 5.85. The first-order valence-corrected chi connectivity index (χ1v) is 5.85. The SMILES string of the molecule is CC(C1CCCCCC1)C(C#N)C(N)=O. The standard InChI is InChI=1S/C12H20N2O/c1-9(11(8-13)12(14)15)10-6-4-2-3-5-7-10/h9-11H,2-7H2,1H3,(H2,14,15). The topological polar surface area (TPSA) is 66.9 Å². The Bertz CT molecular complexity index is 249. The molecule has 0 heterocycles. The van der Waals surface area contributed by atoms with Crippen molar-refractivity contribution in [3.8, 4) is 6.07 Å². The van der Waals surface area contributed by atoms with E-state index in [2.05, 4.69) is 0 Å². The van der Waals surface area contributed by atoms with Crippen molar-refractivity contribution in [1.82, 2.24) is 0 Å². The fourth-order valence-corrected chi connectivity index (χ4v) is 2.55. The van der Waals surface area contributed by atoms with Gasteiger partial charge in [-0.2, -0.15) is 5.26 Å². The predicted octanol–water partition coefficient (Wildman–Crippen LogP) is 2.22. The number of nitriles is 1. The highest BCUT2D eigenvalue weighted by molar-refractivity contribution is 5.79. The van der Waals surface area contributed by atoms with E-state index in [0.717, 1.165) is 12.8 Å². The Morgan fingerprint density at radius 2 is 1.87 bits per heavy atom. The number of nitrogens with zero attached hydrogens (tertiary/aromatic N) is 1. The van der Waals surface area contributed by atoms with Crippen LogP contribution < -0.4 is 5.73 Å². The van der Waals surface area contributed by atoms with Gasteiger partial charge in [-0.25, -0.2) is 0 Å². The average Bonchev–Trinajstić information content (AvgIpc) is 2.45. The molecule has 2 N–H and O–H groups in total. The molecule has 15 heavy (non-hydrogen) atoms. The summed E-state index contributed by atoms with van der Waals surface area (Å²) in [6.45, 7) is 1.99. The second kappa shape index (κ2) is 5.75. The number of amides is 1. The third kappa shape index (κ3) is 3.23. The van der Waals surface area contributed by atoms with Gasteiger partial charge in [-0.3, -0.25) is 4.79 Å². The number of carbonyl (C=O) groups excluding carboxylic acids is 1. The van der Waals surface area contributed by atoms with Gasteiger partial charge in [0.05, 0.1) is 6.07 Å². The molecule has 84 valence electrons. The molecule has 2 unspecified atom stereocenters. The van der Waals surface area contributed by atoms with Gasteiger partial charge in [0, 0.05) is 0 Å². The zero-order valence-electron chi connectivity index (χ0n) is 9.41. The van der Waals surface area contributed by atoms with Gasteiger partial charge >= 0.3 is 0 Å². The Morgan fingerprint density at radius 1 is 1.33 bits per heavy atom. The Morgan fingerprint density at radius 3 is 2.27 bits per heavy atom. The fourth-order valence-electron chi connectivity index (χ4n) is 2.55. The van der Waals surface area contributed by atoms with Crippen LogP contribution in [0.2, 0.25) is 0 Å². The van der Waals surface area contributed by atoms with Crippen LogP contribution in [0.5, 0.6) is 0 Å². The van der Waals surface area contributed by atoms with Crippen molar-refractivity contribution < 1.29 is 4.79 Å². The molecule has 0 spiro atoms. The molecule has 0 saturated heterocycles. The molecule has 0 bridgehead atoms. The van der Waals surface area contributed by atoms with Crippen molar-refractivity contribution in [3.63, 3.8) is 0 Å². The molecule has 3 nitrogen and oxygen atoms in total. The number of primary amides is 1. The molecular formula is C12H20N2O. The van der Waals surface area contributed by atoms with E-state index in [0.29, 0.717) is 5.92 Å². The van der Waals surface area contributed by atoms with E-state index in [4.69, 9.17) is 11.0 Å². The largest absolute Gasteiger partial charge is 0.369 e. The summed E-state index contributed by atoms with van der Waals surface area (Å²) in [5.74, 6) is -0.447. The van der Waals surface area contributed by atoms with Gasteiger partial charge in [-0.1, -0.05) is 45.4 Å². The van der Waals surface area contributed by atoms with Crippen LogP contribution in [-0.2, 0) is 4.79 Å². The number of hydrogen-bond acceptors (Lipinski definition) is 2. The summed E-state index contributed by atoms with van der Waals surface area (Å²) in [4.78, 5) is 11.1. The van der Waals surface area contributed by atoms with Crippen molar-refractivity contribution in [2.75, 3.05) is 0 Å². The molecule has 2 atom stereocenters. The highest BCUT2D eigenvalue weighted by Crippen LogP contribution is 2.32. The van der Waals surface area contributed by atoms with Crippen LogP contribution in [-0.4, -0.2) is 5.91 Å². The minimum Gasteiger partial charge on any atom is -0.369 e. The van der Waals surface area contributed by atoms with E-state index in [1.54, 1.807) is 0 Å². The number of rotatable bonds is 3. The molecule has 1 amide bonds. The Kier molecular flexibility index (Phi) is 4.61. The van der Waals surface area contributed by atoms with Crippen molar-refractivity contribution >= 4 is 5.91 Å². The number of nitrogens with two attached hydrogens (primary N) is 1. The third-order valence-electron chi connectivity index (χ3n) is 3.61. The summed E-state index contributed by atoms with van der Waals surface area (Å²) >= 11 is 0. The molecule has 1 fully saturated rings. The molecule has 1 aliphatic carbocycles. The first-order chi connectivity index (χ1) is 7.16. The molecule has 0 aromatic heterocycles. The molecule has 0 aromatic rings. The lowest BCUT2D eigenvalue weighted by atomic mass is 9.79. The maximum atomic E-state index is 11.1. The Balaban J connectivity index is 2.60. The smallest absolute Gasteiger partial charge is 0.235 e. The van der Waals surface area contributed by atoms with Crippen molar-refractivity contribution in [1.29, 1.82) is 5.26 Å². The highest BCUT2D eigenvalue weighted by Gasteiger charge is 2.29. The van der Waals surface area contributed by atoms with E-state index >= 15 is 0 Å². The lowest BCUT2D eigenvalue weighted by Crippen LogP contribution is -2.31. The maximum Gasteiger partial charge on any atom is 0.235 e. The zero-order chi connectivity index (χ0) is 11.3. The highest BCUT2D eigenvalue weighted by atomic mass is 16.1. The summed E-state index contributed by atoms with van der Waals surface area (Å²) in [6.07, 6.45) is 7.32. The van der Waals surface area contributed by atoms with Gasteiger partial charge in [0.15, 0.2) is 0 Å². The summed E-state index contributed by atoms with van der Waals surface area (Å²) in [7, 11) is 0. The predicted molar refractivity (Wildman–Crippen MR) is 58.7 cm³/mol. The molecule has 0 radical (unpaired) electrons. The molecule has 1 rings (SSSR count). The van der Waals surface area contributed by atoms with Gasteiger partial charge in [0.1, 0.15) is 5.92 Å². The van der Waals surface area contributed by atoms with Crippen LogP contribution >= 0.6 is 0 Å². The molecular weight excluding hydrogens is 188 g/mol. The summed E-state index contributed by atoms with van der Waals surface area (Å²) in [5, 5.41) is 8.92. The molecule has 1 saturated carbocycles. The van der Waals surface area contributed by atoms with Crippen LogP contribution in [0.1, 0.15) is 45.4 Å². The van der Waals surface area contributed by atoms with Crippen LogP contribution in [0.4, 0.5) is 0 Å². The normalized spacial score (nSPS) is 22.4. The summed E-state index contributed by atoms with van der Waals surface area (Å²) < 4.78 is 0. The van der Waals surface area contributed by atoms with Crippen LogP contribution in [0.25, 0.3) is 0 Å². The van der Waals surface area contributed by atoms with Crippen LogP contribution in [0, 0.1) is 29.1 Å². The minimum atomic E-state index is -0.604. The van der Waals surface area contributed by atoms with Crippen molar-refractivity contribution in [2.45, 2.75) is 45.4 Å². The van der Waals surface area contributed by atoms with Crippen molar-refractivity contribution in [3.05, 3.63) is 0 Å². The van der Waals surface area contributed by atoms with E-state index in [1.807, 2.05) is 13.0 Å². The Labute approximate surface area is 91.6 Å². The van der Waals surface area contributed by atoms with Gasteiger partial charge in [-0.15, -0.1) is 0 Å². The summed E-state index contributed by atoms with van der Waals surface area (Å²) in [6, 6.07) is 2.04. The monoisotopic (exact) mass is 208 g/mol. The summed E-state index contributed by atoms with van der Waals surface area (Å²) in [5.41, 5.74) is 5.23. The van der Waals surface area contributed by atoms with Gasteiger partial charge < -0.3 is 5.73 Å². The molecule has 0 aliphatic heterocycles. The van der Waals surface area contributed by atoms with E-state index in [-0.39, 0.29) is 5.92 Å². The first kappa shape index (κ1) is 12.0. The van der Waals surface area contributed by atoms with Gasteiger partial charge in [0.2, 0.25) is 5.91 Å². The van der Waals surface area contributed by atoms with Crippen LogP contribution in [0.3, 0.4) is 0 Å². The fraction of sp³-hybridized carbons (Fsp3) is 0.833. The molecule has 1 aliphatic rings. The second-order valence-corrected chi connectivity index (χ2v) is 4.62. The average molecular weight is 208 g/mol. The lowest BCUT2D eigenvalue weighted by molar-refractivity contribution is -0.122. The van der Waals surface area contributed by atoms with Crippen LogP contribution in [0.15, 0.2) is 0 Å². The zero-order valence-corrected chi connectivity index (χ0v) is 9.41. The van der Waals surface area contributed by atoms with E-state index in [1.165, 1.54) is 25.7 Å². The molecule has 3 heteroatoms. The van der Waals surface area contributed by atoms with Gasteiger partial charge in [0.25, 0.3) is 0 Å². The van der Waals surface area contributed by atoms with Gasteiger partial charge in [-0.05, 0) is 11.8 Å². The number of carbonyl (C=O) groups is 1. The minimum absolute atomic E-state index is 0.116. The quantitative estimate of drug-likeness (QED) is 0.722.